The lowest BCUT2D eigenvalue weighted by Crippen LogP contribution is -2.42. The molecule has 5 nitrogen and oxygen atoms in total. The zero-order valence-electron chi connectivity index (χ0n) is 20.7. The van der Waals surface area contributed by atoms with E-state index in [1.165, 1.54) is 11.3 Å². The SMILES string of the molecule is COc1ccc2ccccc2c1C=c1sc2n(c1=O)C(c1ccc(Cl)cc1)C1=C(CC(C)(C)CC1=O)N=2. The summed E-state index contributed by atoms with van der Waals surface area (Å²) in [5.74, 6) is 0.731. The maximum atomic E-state index is 14.0. The number of hydrogen-bond acceptors (Lipinski definition) is 5. The minimum Gasteiger partial charge on any atom is -0.496 e. The molecule has 0 radical (unpaired) electrons. The Balaban J connectivity index is 1.63. The van der Waals surface area contributed by atoms with Gasteiger partial charge in [0.15, 0.2) is 10.6 Å². The van der Waals surface area contributed by atoms with Crippen molar-refractivity contribution in [3.05, 3.63) is 108 Å². The molecule has 4 aromatic rings. The minimum atomic E-state index is -0.538. The highest BCUT2D eigenvalue weighted by atomic mass is 35.5. The summed E-state index contributed by atoms with van der Waals surface area (Å²) in [7, 11) is 1.63. The Bertz CT molecular complexity index is 1800. The first-order valence-electron chi connectivity index (χ1n) is 12.1. The molecule has 0 bridgehead atoms. The number of ketones is 1. The lowest BCUT2D eigenvalue weighted by atomic mass is 9.73. The number of carbonyl (C=O) groups is 1. The molecule has 2 aliphatic rings. The van der Waals surface area contributed by atoms with E-state index in [9.17, 15) is 9.59 Å². The van der Waals surface area contributed by atoms with E-state index in [1.807, 2.05) is 54.6 Å². The fraction of sp³-hybridized carbons (Fsp3) is 0.233. The van der Waals surface area contributed by atoms with Gasteiger partial charge < -0.3 is 4.74 Å². The molecule has 0 saturated carbocycles. The van der Waals surface area contributed by atoms with Gasteiger partial charge in [-0.2, -0.15) is 0 Å². The number of Topliss-reactive ketones (excluding diaryl/α,β-unsaturated/α-hetero) is 1. The molecule has 3 aromatic carbocycles. The van der Waals surface area contributed by atoms with Crippen LogP contribution < -0.4 is 19.6 Å². The average molecular weight is 529 g/mol. The normalized spacial score (nSPS) is 19.0. The topological polar surface area (TPSA) is 60.7 Å². The molecule has 0 amide bonds. The Morgan fingerprint density at radius 1 is 1.05 bits per heavy atom. The second-order valence-corrected chi connectivity index (χ2v) is 11.8. The average Bonchev–Trinajstić information content (AvgIpc) is 3.17. The van der Waals surface area contributed by atoms with E-state index < -0.39 is 6.04 Å². The van der Waals surface area contributed by atoms with Crippen LogP contribution in [0.15, 0.2) is 81.7 Å². The van der Waals surface area contributed by atoms with Crippen molar-refractivity contribution in [3.63, 3.8) is 0 Å². The molecule has 1 aromatic heterocycles. The molecule has 1 aliphatic heterocycles. The molecule has 1 unspecified atom stereocenters. The summed E-state index contributed by atoms with van der Waals surface area (Å²) in [5.41, 5.74) is 2.71. The van der Waals surface area contributed by atoms with E-state index in [4.69, 9.17) is 21.3 Å². The third-order valence-electron chi connectivity index (χ3n) is 7.11. The fourth-order valence-electron chi connectivity index (χ4n) is 5.44. The maximum Gasteiger partial charge on any atom is 0.271 e. The largest absolute Gasteiger partial charge is 0.496 e. The third kappa shape index (κ3) is 4.05. The van der Waals surface area contributed by atoms with Crippen molar-refractivity contribution in [2.24, 2.45) is 10.4 Å². The number of methoxy groups -OCH3 is 1. The van der Waals surface area contributed by atoms with Crippen LogP contribution in [0.1, 0.15) is 43.9 Å². The fourth-order valence-corrected chi connectivity index (χ4v) is 6.57. The standard InChI is InChI=1S/C30H25ClN2O3S/c1-30(2)15-22-26(23(34)16-30)27(18-8-11-19(31)12-9-18)33-28(35)25(37-29(33)32-22)14-21-20-7-5-4-6-17(20)10-13-24(21)36-3/h4-14,27H,15-16H2,1-3H3. The van der Waals surface area contributed by atoms with Crippen LogP contribution in [0.3, 0.4) is 0 Å². The van der Waals surface area contributed by atoms with Crippen LogP contribution in [0.2, 0.25) is 5.02 Å². The van der Waals surface area contributed by atoms with Gasteiger partial charge in [-0.25, -0.2) is 4.99 Å². The van der Waals surface area contributed by atoms with E-state index in [0.717, 1.165) is 27.6 Å². The lowest BCUT2D eigenvalue weighted by Gasteiger charge is -2.35. The third-order valence-corrected chi connectivity index (χ3v) is 8.34. The summed E-state index contributed by atoms with van der Waals surface area (Å²) in [6.07, 6.45) is 2.99. The van der Waals surface area contributed by atoms with E-state index in [2.05, 4.69) is 13.8 Å². The van der Waals surface area contributed by atoms with Gasteiger partial charge in [-0.05, 0) is 52.4 Å². The second-order valence-electron chi connectivity index (χ2n) is 10.3. The number of rotatable bonds is 3. The van der Waals surface area contributed by atoms with Crippen LogP contribution >= 0.6 is 22.9 Å². The summed E-state index contributed by atoms with van der Waals surface area (Å²) in [6.45, 7) is 4.17. The van der Waals surface area contributed by atoms with Crippen molar-refractivity contribution >= 4 is 45.6 Å². The van der Waals surface area contributed by atoms with Crippen LogP contribution in [0, 0.1) is 5.41 Å². The highest BCUT2D eigenvalue weighted by Crippen LogP contribution is 2.43. The quantitative estimate of drug-likeness (QED) is 0.357. The first-order valence-corrected chi connectivity index (χ1v) is 13.3. The van der Waals surface area contributed by atoms with Gasteiger partial charge in [0, 0.05) is 22.6 Å². The van der Waals surface area contributed by atoms with Gasteiger partial charge in [0.25, 0.3) is 5.56 Å². The van der Waals surface area contributed by atoms with E-state index in [-0.39, 0.29) is 16.8 Å². The molecule has 186 valence electrons. The summed E-state index contributed by atoms with van der Waals surface area (Å²) in [5, 5.41) is 2.66. The predicted octanol–water partition coefficient (Wildman–Crippen LogP) is 5.42. The first kappa shape index (κ1) is 23.9. The summed E-state index contributed by atoms with van der Waals surface area (Å²) >= 11 is 7.52. The van der Waals surface area contributed by atoms with E-state index in [0.29, 0.717) is 38.5 Å². The van der Waals surface area contributed by atoms with Crippen molar-refractivity contribution in [2.45, 2.75) is 32.7 Å². The number of ether oxygens (including phenoxy) is 1. The summed E-state index contributed by atoms with van der Waals surface area (Å²) in [4.78, 5) is 33.0. The van der Waals surface area contributed by atoms with Crippen LogP contribution in [0.5, 0.6) is 5.75 Å². The number of halogens is 1. The number of carbonyl (C=O) groups excluding carboxylic acids is 1. The molecule has 0 N–H and O–H groups in total. The molecular formula is C30H25ClN2O3S. The Hall–Kier alpha value is -3.48. The lowest BCUT2D eigenvalue weighted by molar-refractivity contribution is -0.118. The minimum absolute atomic E-state index is 0.0416. The van der Waals surface area contributed by atoms with Crippen molar-refractivity contribution in [3.8, 4) is 5.75 Å². The smallest absolute Gasteiger partial charge is 0.271 e. The van der Waals surface area contributed by atoms with Gasteiger partial charge in [0.05, 0.1) is 23.4 Å². The Morgan fingerprint density at radius 3 is 2.57 bits per heavy atom. The van der Waals surface area contributed by atoms with Gasteiger partial charge in [-0.1, -0.05) is 79.2 Å². The molecule has 7 heteroatoms. The number of aromatic nitrogens is 1. The number of thiazole rings is 1. The zero-order valence-corrected chi connectivity index (χ0v) is 22.3. The molecule has 37 heavy (non-hydrogen) atoms. The van der Waals surface area contributed by atoms with Gasteiger partial charge >= 0.3 is 0 Å². The number of benzene rings is 3. The number of hydrogen-bond donors (Lipinski definition) is 0. The summed E-state index contributed by atoms with van der Waals surface area (Å²) < 4.78 is 7.87. The monoisotopic (exact) mass is 528 g/mol. The van der Waals surface area contributed by atoms with Gasteiger partial charge in [0.2, 0.25) is 0 Å². The highest BCUT2D eigenvalue weighted by molar-refractivity contribution is 7.07. The summed E-state index contributed by atoms with van der Waals surface area (Å²) in [6, 6.07) is 18.8. The zero-order chi connectivity index (χ0) is 25.9. The first-order chi connectivity index (χ1) is 17.8. The number of allylic oxidation sites excluding steroid dienone is 2. The van der Waals surface area contributed by atoms with Crippen molar-refractivity contribution < 1.29 is 9.53 Å². The maximum absolute atomic E-state index is 14.0. The molecule has 0 spiro atoms. The van der Waals surface area contributed by atoms with Crippen LogP contribution in [-0.4, -0.2) is 17.5 Å². The molecule has 1 atom stereocenters. The molecule has 0 saturated heterocycles. The molecule has 1 aliphatic carbocycles. The van der Waals surface area contributed by atoms with Crippen molar-refractivity contribution in [1.82, 2.24) is 4.57 Å². The Kier molecular flexibility index (Phi) is 5.70. The second kappa shape index (κ2) is 8.82. The van der Waals surface area contributed by atoms with E-state index >= 15 is 0 Å². The number of fused-ring (bicyclic) bond motifs is 2. The highest BCUT2D eigenvalue weighted by Gasteiger charge is 2.40. The predicted molar refractivity (Wildman–Crippen MR) is 148 cm³/mol. The van der Waals surface area contributed by atoms with Gasteiger partial charge in [0.1, 0.15) is 5.75 Å². The molecule has 6 rings (SSSR count). The van der Waals surface area contributed by atoms with E-state index in [1.54, 1.807) is 23.8 Å². The van der Waals surface area contributed by atoms with Crippen LogP contribution in [0.4, 0.5) is 0 Å². The van der Waals surface area contributed by atoms with Crippen molar-refractivity contribution in [1.29, 1.82) is 0 Å². The molecule has 0 fully saturated rings. The van der Waals surface area contributed by atoms with Crippen LogP contribution in [-0.2, 0) is 4.79 Å². The van der Waals surface area contributed by atoms with Crippen molar-refractivity contribution in [2.75, 3.05) is 7.11 Å². The molecule has 2 heterocycles. The molecular weight excluding hydrogens is 504 g/mol. The van der Waals surface area contributed by atoms with Crippen LogP contribution in [0.25, 0.3) is 16.8 Å². The Labute approximate surface area is 223 Å². The Morgan fingerprint density at radius 2 is 1.81 bits per heavy atom. The number of nitrogens with zero attached hydrogens (tertiary/aromatic N) is 2. The van der Waals surface area contributed by atoms with Gasteiger partial charge in [-0.3, -0.25) is 14.2 Å². The van der Waals surface area contributed by atoms with Gasteiger partial charge in [-0.15, -0.1) is 0 Å².